The standard InChI is InChI=1S/C22H29N3O5/c26-13-20(27)23-9-16-17-11-25(14-22(17)6-5-19(16)30-22)21(28)12-24-7-8-29-18-4-2-1-3-15(18)10-24/h1-4,16-17,19,26H,5-14H2,(H,23,27)/t16-,17+,19+,22+/m0/s1. The fraction of sp³-hybridized carbons (Fsp3) is 0.636. The number of fused-ring (bicyclic) bond motifs is 2. The first kappa shape index (κ1) is 19.8. The minimum absolute atomic E-state index is 0.128. The van der Waals surface area contributed by atoms with E-state index in [4.69, 9.17) is 14.6 Å². The molecule has 4 atom stereocenters. The quantitative estimate of drug-likeness (QED) is 0.703. The van der Waals surface area contributed by atoms with Crippen molar-refractivity contribution in [3.05, 3.63) is 29.8 Å². The molecule has 8 nitrogen and oxygen atoms in total. The highest BCUT2D eigenvalue weighted by Gasteiger charge is 2.63. The zero-order valence-electron chi connectivity index (χ0n) is 17.1. The van der Waals surface area contributed by atoms with Crippen molar-refractivity contribution in [1.29, 1.82) is 0 Å². The first-order valence-corrected chi connectivity index (χ1v) is 10.8. The zero-order chi connectivity index (χ0) is 20.7. The van der Waals surface area contributed by atoms with Crippen LogP contribution < -0.4 is 10.1 Å². The first-order chi connectivity index (χ1) is 14.6. The number of amides is 2. The van der Waals surface area contributed by atoms with Gasteiger partial charge in [0.05, 0.1) is 24.8 Å². The van der Waals surface area contributed by atoms with Gasteiger partial charge in [0.15, 0.2) is 0 Å². The Hall–Kier alpha value is -2.16. The number of ether oxygens (including phenoxy) is 2. The molecule has 4 aliphatic rings. The van der Waals surface area contributed by atoms with E-state index in [9.17, 15) is 9.59 Å². The second-order valence-electron chi connectivity index (χ2n) is 8.93. The van der Waals surface area contributed by atoms with Crippen molar-refractivity contribution < 1.29 is 24.2 Å². The van der Waals surface area contributed by atoms with Gasteiger partial charge in [-0.2, -0.15) is 0 Å². The molecule has 4 heterocycles. The molecule has 0 aliphatic carbocycles. The number of hydrogen-bond donors (Lipinski definition) is 2. The summed E-state index contributed by atoms with van der Waals surface area (Å²) in [6.45, 7) is 3.69. The summed E-state index contributed by atoms with van der Waals surface area (Å²) < 4.78 is 12.2. The third-order valence-corrected chi connectivity index (χ3v) is 7.21. The van der Waals surface area contributed by atoms with Gasteiger partial charge in [0.25, 0.3) is 0 Å². The van der Waals surface area contributed by atoms with E-state index in [0.29, 0.717) is 39.3 Å². The molecule has 5 rings (SSSR count). The van der Waals surface area contributed by atoms with Crippen LogP contribution in [0.25, 0.3) is 0 Å². The molecule has 2 bridgehead atoms. The van der Waals surface area contributed by atoms with Crippen LogP contribution >= 0.6 is 0 Å². The minimum Gasteiger partial charge on any atom is -0.492 e. The smallest absolute Gasteiger partial charge is 0.245 e. The number of carbonyl (C=O) groups is 2. The lowest BCUT2D eigenvalue weighted by Gasteiger charge is -2.29. The highest BCUT2D eigenvalue weighted by molar-refractivity contribution is 5.79. The van der Waals surface area contributed by atoms with Crippen molar-refractivity contribution in [1.82, 2.24) is 15.1 Å². The topological polar surface area (TPSA) is 91.3 Å². The summed E-state index contributed by atoms with van der Waals surface area (Å²) in [5.41, 5.74) is 0.852. The summed E-state index contributed by atoms with van der Waals surface area (Å²) in [4.78, 5) is 28.7. The summed E-state index contributed by atoms with van der Waals surface area (Å²) >= 11 is 0. The van der Waals surface area contributed by atoms with Crippen molar-refractivity contribution in [2.75, 3.05) is 45.9 Å². The van der Waals surface area contributed by atoms with Gasteiger partial charge in [-0.3, -0.25) is 14.5 Å². The van der Waals surface area contributed by atoms with Crippen LogP contribution in [-0.4, -0.2) is 84.4 Å². The third-order valence-electron chi connectivity index (χ3n) is 7.21. The van der Waals surface area contributed by atoms with Crippen LogP contribution in [0, 0.1) is 11.8 Å². The summed E-state index contributed by atoms with van der Waals surface area (Å²) in [6, 6.07) is 7.99. The summed E-state index contributed by atoms with van der Waals surface area (Å²) in [5.74, 6) is 1.11. The Balaban J connectivity index is 1.22. The predicted octanol–water partition coefficient (Wildman–Crippen LogP) is -0.00450. The number of rotatable bonds is 5. The van der Waals surface area contributed by atoms with Gasteiger partial charge < -0.3 is 24.8 Å². The van der Waals surface area contributed by atoms with Crippen molar-refractivity contribution in [3.8, 4) is 5.75 Å². The number of hydrogen-bond acceptors (Lipinski definition) is 6. The molecule has 0 unspecified atom stereocenters. The number of likely N-dealkylation sites (tertiary alicyclic amines) is 1. The van der Waals surface area contributed by atoms with Crippen molar-refractivity contribution >= 4 is 11.8 Å². The van der Waals surface area contributed by atoms with Crippen LogP contribution in [0.2, 0.25) is 0 Å². The summed E-state index contributed by atoms with van der Waals surface area (Å²) in [6.07, 6.45) is 2.09. The number of nitrogens with zero attached hydrogens (tertiary/aromatic N) is 2. The monoisotopic (exact) mass is 415 g/mol. The van der Waals surface area contributed by atoms with E-state index in [2.05, 4.69) is 16.3 Å². The fourth-order valence-electron chi connectivity index (χ4n) is 5.75. The molecule has 2 N–H and O–H groups in total. The van der Waals surface area contributed by atoms with Crippen LogP contribution in [0.4, 0.5) is 0 Å². The van der Waals surface area contributed by atoms with E-state index < -0.39 is 6.61 Å². The largest absolute Gasteiger partial charge is 0.492 e. The van der Waals surface area contributed by atoms with Gasteiger partial charge in [0.2, 0.25) is 11.8 Å². The van der Waals surface area contributed by atoms with Crippen LogP contribution in [0.15, 0.2) is 24.3 Å². The molecule has 1 aromatic rings. The molecule has 0 aromatic heterocycles. The Labute approximate surface area is 176 Å². The second kappa shape index (κ2) is 7.83. The zero-order valence-corrected chi connectivity index (χ0v) is 17.1. The van der Waals surface area contributed by atoms with Gasteiger partial charge in [0.1, 0.15) is 19.0 Å². The molecular formula is C22H29N3O5. The molecule has 3 fully saturated rings. The Morgan fingerprint density at radius 1 is 1.30 bits per heavy atom. The second-order valence-corrected chi connectivity index (χ2v) is 8.93. The van der Waals surface area contributed by atoms with Gasteiger partial charge >= 0.3 is 0 Å². The summed E-state index contributed by atoms with van der Waals surface area (Å²) in [7, 11) is 0. The average molecular weight is 415 g/mol. The SMILES string of the molecule is O=C(CO)NC[C@H]1[C@H]2CN(C(=O)CN3CCOc4ccccc4C3)C[C@]23CC[C@H]1O3. The highest BCUT2D eigenvalue weighted by atomic mass is 16.5. The van der Waals surface area contributed by atoms with E-state index in [1.807, 2.05) is 23.1 Å². The van der Waals surface area contributed by atoms with Crippen LogP contribution in [0.3, 0.4) is 0 Å². The molecule has 3 saturated heterocycles. The third kappa shape index (κ3) is 3.46. The predicted molar refractivity (Wildman–Crippen MR) is 108 cm³/mol. The molecule has 8 heteroatoms. The van der Waals surface area contributed by atoms with E-state index in [1.54, 1.807) is 0 Å². The maximum atomic E-state index is 13.1. The van der Waals surface area contributed by atoms with Crippen LogP contribution in [-0.2, 0) is 20.9 Å². The van der Waals surface area contributed by atoms with Gasteiger partial charge in [-0.15, -0.1) is 0 Å². The Morgan fingerprint density at radius 3 is 3.03 bits per heavy atom. The van der Waals surface area contributed by atoms with Crippen molar-refractivity contribution in [2.24, 2.45) is 11.8 Å². The average Bonchev–Trinajstić information content (AvgIpc) is 3.36. The molecule has 2 amide bonds. The van der Waals surface area contributed by atoms with Crippen LogP contribution in [0.1, 0.15) is 18.4 Å². The van der Waals surface area contributed by atoms with Gasteiger partial charge in [-0.1, -0.05) is 18.2 Å². The molecule has 0 saturated carbocycles. The Bertz CT molecular complexity index is 833. The maximum Gasteiger partial charge on any atom is 0.245 e. The molecule has 0 radical (unpaired) electrons. The number of aliphatic hydroxyl groups is 1. The molecule has 1 spiro atoms. The number of carbonyl (C=O) groups excluding carboxylic acids is 2. The van der Waals surface area contributed by atoms with Crippen molar-refractivity contribution in [2.45, 2.75) is 31.1 Å². The van der Waals surface area contributed by atoms with Crippen LogP contribution in [0.5, 0.6) is 5.75 Å². The summed E-state index contributed by atoms with van der Waals surface area (Å²) in [5, 5.41) is 11.8. The molecule has 1 aromatic carbocycles. The maximum absolute atomic E-state index is 13.1. The highest BCUT2D eigenvalue weighted by Crippen LogP contribution is 2.54. The fourth-order valence-corrected chi connectivity index (χ4v) is 5.75. The number of para-hydroxylation sites is 1. The molecule has 30 heavy (non-hydrogen) atoms. The van der Waals surface area contributed by atoms with E-state index in [-0.39, 0.29) is 35.4 Å². The normalized spacial score (nSPS) is 32.3. The van der Waals surface area contributed by atoms with Gasteiger partial charge in [-0.05, 0) is 18.9 Å². The lowest BCUT2D eigenvalue weighted by molar-refractivity contribution is -0.133. The van der Waals surface area contributed by atoms with Crippen molar-refractivity contribution in [3.63, 3.8) is 0 Å². The van der Waals surface area contributed by atoms with E-state index >= 15 is 0 Å². The Kier molecular flexibility index (Phi) is 5.16. The van der Waals surface area contributed by atoms with Gasteiger partial charge in [-0.25, -0.2) is 0 Å². The minimum atomic E-state index is -0.499. The van der Waals surface area contributed by atoms with E-state index in [1.165, 1.54) is 0 Å². The molecular weight excluding hydrogens is 386 g/mol. The Morgan fingerprint density at radius 2 is 2.17 bits per heavy atom. The first-order valence-electron chi connectivity index (χ1n) is 10.8. The lowest BCUT2D eigenvalue weighted by Crippen LogP contribution is -2.42. The van der Waals surface area contributed by atoms with Gasteiger partial charge in [0, 0.05) is 43.6 Å². The lowest BCUT2D eigenvalue weighted by atomic mass is 9.73. The molecule has 162 valence electrons. The number of nitrogens with one attached hydrogen (secondary N) is 1. The van der Waals surface area contributed by atoms with E-state index in [0.717, 1.165) is 30.7 Å². The number of benzene rings is 1. The molecule has 4 aliphatic heterocycles. The number of aliphatic hydroxyl groups excluding tert-OH is 1.